The van der Waals surface area contributed by atoms with Crippen LogP contribution in [0, 0.1) is 0 Å². The molecule has 2 aromatic carbocycles. The van der Waals surface area contributed by atoms with Crippen LogP contribution in [0.2, 0.25) is 0 Å². The van der Waals surface area contributed by atoms with Gasteiger partial charge in [0, 0.05) is 6.54 Å². The molecule has 0 bridgehead atoms. The van der Waals surface area contributed by atoms with E-state index in [1.165, 1.54) is 0 Å². The van der Waals surface area contributed by atoms with Crippen LogP contribution in [0.3, 0.4) is 0 Å². The molecule has 0 radical (unpaired) electrons. The molecule has 0 amide bonds. The maximum atomic E-state index is 5.94. The highest BCUT2D eigenvalue weighted by molar-refractivity contribution is 9.10. The van der Waals surface area contributed by atoms with Crippen LogP contribution in [-0.4, -0.2) is 27.3 Å². The lowest BCUT2D eigenvalue weighted by atomic mass is 10.2. The minimum Gasteiger partial charge on any atom is -0.496 e. The van der Waals surface area contributed by atoms with Gasteiger partial charge in [-0.1, -0.05) is 12.1 Å². The summed E-state index contributed by atoms with van der Waals surface area (Å²) in [6.07, 6.45) is 0. The Morgan fingerprint density at radius 3 is 2.24 bits per heavy atom. The number of aliphatic imine (C=N–C) groups is 1. The van der Waals surface area contributed by atoms with E-state index in [1.54, 1.807) is 21.3 Å². The SMILES string of the molecule is COc1ccc(CN=C(N)NCc2ccc(OC)c(OC)c2)cc1Br. The summed E-state index contributed by atoms with van der Waals surface area (Å²) in [5.41, 5.74) is 7.98. The molecule has 0 saturated heterocycles. The summed E-state index contributed by atoms with van der Waals surface area (Å²) in [5.74, 6) is 2.53. The minimum absolute atomic E-state index is 0.377. The van der Waals surface area contributed by atoms with Gasteiger partial charge in [-0.25, -0.2) is 4.99 Å². The van der Waals surface area contributed by atoms with E-state index in [-0.39, 0.29) is 0 Å². The van der Waals surface area contributed by atoms with Crippen molar-refractivity contribution in [2.75, 3.05) is 21.3 Å². The summed E-state index contributed by atoms with van der Waals surface area (Å²) in [5, 5.41) is 3.09. The van der Waals surface area contributed by atoms with Crippen LogP contribution in [0.4, 0.5) is 0 Å². The third-order valence-electron chi connectivity index (χ3n) is 3.57. The number of benzene rings is 2. The standard InChI is InChI=1S/C18H22BrN3O3/c1-23-15-6-4-12(8-14(15)19)10-21-18(20)22-11-13-5-7-16(24-2)17(9-13)25-3/h4-9H,10-11H2,1-3H3,(H3,20,21,22). The highest BCUT2D eigenvalue weighted by atomic mass is 79.9. The van der Waals surface area contributed by atoms with Crippen molar-refractivity contribution in [2.45, 2.75) is 13.1 Å². The van der Waals surface area contributed by atoms with Crippen LogP contribution in [0.15, 0.2) is 45.9 Å². The summed E-state index contributed by atoms with van der Waals surface area (Å²) in [6.45, 7) is 1.02. The molecule has 0 aromatic heterocycles. The fourth-order valence-corrected chi connectivity index (χ4v) is 2.81. The highest BCUT2D eigenvalue weighted by Crippen LogP contribution is 2.27. The third kappa shape index (κ3) is 5.29. The molecule has 0 spiro atoms. The van der Waals surface area contributed by atoms with Gasteiger partial charge < -0.3 is 25.3 Å². The molecular weight excluding hydrogens is 386 g/mol. The molecule has 3 N–H and O–H groups in total. The Hall–Kier alpha value is -2.41. The van der Waals surface area contributed by atoms with Gasteiger partial charge in [0.2, 0.25) is 0 Å². The summed E-state index contributed by atoms with van der Waals surface area (Å²) in [6, 6.07) is 11.5. The topological polar surface area (TPSA) is 78.1 Å². The molecule has 0 aliphatic rings. The summed E-state index contributed by atoms with van der Waals surface area (Å²) in [7, 11) is 4.85. The first-order valence-electron chi connectivity index (χ1n) is 7.64. The van der Waals surface area contributed by atoms with E-state index in [4.69, 9.17) is 19.9 Å². The van der Waals surface area contributed by atoms with Gasteiger partial charge in [-0.3, -0.25) is 0 Å². The fraction of sp³-hybridized carbons (Fsp3) is 0.278. The van der Waals surface area contributed by atoms with Gasteiger partial charge >= 0.3 is 0 Å². The van der Waals surface area contributed by atoms with Crippen molar-refractivity contribution in [3.63, 3.8) is 0 Å². The summed E-state index contributed by atoms with van der Waals surface area (Å²) < 4.78 is 16.6. The molecule has 7 heteroatoms. The lowest BCUT2D eigenvalue weighted by Gasteiger charge is -2.11. The van der Waals surface area contributed by atoms with E-state index >= 15 is 0 Å². The second-order valence-electron chi connectivity index (χ2n) is 5.21. The van der Waals surface area contributed by atoms with Gasteiger partial charge in [-0.2, -0.15) is 0 Å². The number of methoxy groups -OCH3 is 3. The van der Waals surface area contributed by atoms with Gasteiger partial charge in [0.15, 0.2) is 17.5 Å². The number of rotatable bonds is 7. The highest BCUT2D eigenvalue weighted by Gasteiger charge is 2.05. The van der Waals surface area contributed by atoms with E-state index in [2.05, 4.69) is 26.2 Å². The smallest absolute Gasteiger partial charge is 0.189 e. The Bertz CT molecular complexity index is 750. The molecule has 0 atom stereocenters. The van der Waals surface area contributed by atoms with Gasteiger partial charge in [0.1, 0.15) is 5.75 Å². The molecule has 2 aromatic rings. The Morgan fingerprint density at radius 2 is 1.60 bits per heavy atom. The monoisotopic (exact) mass is 407 g/mol. The van der Waals surface area contributed by atoms with Gasteiger partial charge in [-0.05, 0) is 51.3 Å². The minimum atomic E-state index is 0.377. The molecule has 0 saturated carbocycles. The Morgan fingerprint density at radius 1 is 0.960 bits per heavy atom. The zero-order chi connectivity index (χ0) is 18.2. The van der Waals surface area contributed by atoms with Crippen molar-refractivity contribution in [3.05, 3.63) is 52.0 Å². The van der Waals surface area contributed by atoms with Crippen molar-refractivity contribution in [1.82, 2.24) is 5.32 Å². The average molecular weight is 408 g/mol. The predicted octanol–water partition coefficient (Wildman–Crippen LogP) is 3.08. The molecule has 0 fully saturated rings. The zero-order valence-electron chi connectivity index (χ0n) is 14.5. The lowest BCUT2D eigenvalue weighted by Crippen LogP contribution is -2.31. The van der Waals surface area contributed by atoms with Crippen LogP contribution in [0.25, 0.3) is 0 Å². The van der Waals surface area contributed by atoms with E-state index < -0.39 is 0 Å². The summed E-state index contributed by atoms with van der Waals surface area (Å²) >= 11 is 3.46. The van der Waals surface area contributed by atoms with Crippen molar-refractivity contribution >= 4 is 21.9 Å². The first kappa shape index (κ1) is 18.9. The van der Waals surface area contributed by atoms with Gasteiger partial charge in [0.25, 0.3) is 0 Å². The number of nitrogens with one attached hydrogen (secondary N) is 1. The van der Waals surface area contributed by atoms with Crippen LogP contribution in [0.1, 0.15) is 11.1 Å². The number of nitrogens with two attached hydrogens (primary N) is 1. The fourth-order valence-electron chi connectivity index (χ4n) is 2.22. The molecular formula is C18H22BrN3O3. The van der Waals surface area contributed by atoms with Gasteiger partial charge in [-0.15, -0.1) is 0 Å². The normalized spacial score (nSPS) is 11.1. The number of hydrogen-bond acceptors (Lipinski definition) is 4. The second kappa shape index (κ2) is 9.17. The molecule has 134 valence electrons. The van der Waals surface area contributed by atoms with Crippen LogP contribution >= 0.6 is 15.9 Å². The van der Waals surface area contributed by atoms with E-state index in [9.17, 15) is 0 Å². The van der Waals surface area contributed by atoms with Crippen molar-refractivity contribution < 1.29 is 14.2 Å². The predicted molar refractivity (Wildman–Crippen MR) is 102 cm³/mol. The third-order valence-corrected chi connectivity index (χ3v) is 4.19. The Labute approximate surface area is 156 Å². The first-order valence-corrected chi connectivity index (χ1v) is 8.43. The maximum absolute atomic E-state index is 5.94. The molecule has 6 nitrogen and oxygen atoms in total. The molecule has 0 aliphatic carbocycles. The zero-order valence-corrected chi connectivity index (χ0v) is 16.1. The molecule has 25 heavy (non-hydrogen) atoms. The van der Waals surface area contributed by atoms with E-state index in [0.717, 1.165) is 21.3 Å². The molecule has 0 aliphatic heterocycles. The number of hydrogen-bond donors (Lipinski definition) is 2. The molecule has 0 unspecified atom stereocenters. The van der Waals surface area contributed by atoms with Gasteiger partial charge in [0.05, 0.1) is 32.3 Å². The lowest BCUT2D eigenvalue weighted by molar-refractivity contribution is 0.354. The second-order valence-corrected chi connectivity index (χ2v) is 6.07. The molecule has 0 heterocycles. The van der Waals surface area contributed by atoms with E-state index in [1.807, 2.05) is 36.4 Å². The number of ether oxygens (including phenoxy) is 3. The number of nitrogens with zero attached hydrogens (tertiary/aromatic N) is 1. The summed E-state index contributed by atoms with van der Waals surface area (Å²) in [4.78, 5) is 4.35. The number of guanidine groups is 1. The Balaban J connectivity index is 1.94. The number of halogens is 1. The quantitative estimate of drug-likeness (QED) is 0.544. The Kier molecular flexibility index (Phi) is 6.94. The first-order chi connectivity index (χ1) is 12.1. The largest absolute Gasteiger partial charge is 0.496 e. The van der Waals surface area contributed by atoms with Crippen LogP contribution in [-0.2, 0) is 13.1 Å². The average Bonchev–Trinajstić information content (AvgIpc) is 2.64. The van der Waals surface area contributed by atoms with Crippen molar-refractivity contribution in [1.29, 1.82) is 0 Å². The van der Waals surface area contributed by atoms with Crippen LogP contribution < -0.4 is 25.3 Å². The maximum Gasteiger partial charge on any atom is 0.189 e. The van der Waals surface area contributed by atoms with Crippen molar-refractivity contribution in [3.8, 4) is 17.2 Å². The van der Waals surface area contributed by atoms with E-state index in [0.29, 0.717) is 30.5 Å². The van der Waals surface area contributed by atoms with Crippen LogP contribution in [0.5, 0.6) is 17.2 Å². The van der Waals surface area contributed by atoms with Crippen molar-refractivity contribution in [2.24, 2.45) is 10.7 Å². The molecule has 2 rings (SSSR count).